The van der Waals surface area contributed by atoms with E-state index >= 15 is 0 Å². The lowest BCUT2D eigenvalue weighted by molar-refractivity contribution is 0.193. The molecule has 1 aliphatic heterocycles. The highest BCUT2D eigenvalue weighted by Gasteiger charge is 2.23. The standard InChI is InChI=1S/C19H29N7O3/c1-24(2)6-5-21-19(27)26-9-7-25(8-10-26)18-22-14-12-16(29-4)15(28-3)11-13(14)17(20)23-18/h11-12H,5-10H2,1-4H3,(H,21,27)(H2,20,22,23). The van der Waals surface area contributed by atoms with E-state index in [1.807, 2.05) is 28.8 Å². The minimum absolute atomic E-state index is 0.0396. The number of carbonyl (C=O) groups is 1. The van der Waals surface area contributed by atoms with Crippen molar-refractivity contribution in [1.29, 1.82) is 0 Å². The number of likely N-dealkylation sites (N-methyl/N-ethyl adjacent to an activating group) is 1. The molecule has 2 heterocycles. The minimum atomic E-state index is -0.0396. The first kappa shape index (κ1) is 20.7. The van der Waals surface area contributed by atoms with Crippen LogP contribution < -0.4 is 25.4 Å². The number of nitrogen functional groups attached to an aromatic ring is 1. The Hall–Kier alpha value is -3.01. The molecule has 0 saturated carbocycles. The number of aromatic nitrogens is 2. The fraction of sp³-hybridized carbons (Fsp3) is 0.526. The van der Waals surface area contributed by atoms with Gasteiger partial charge in [0.15, 0.2) is 11.5 Å². The number of hydrogen-bond acceptors (Lipinski definition) is 8. The number of ether oxygens (including phenoxy) is 2. The van der Waals surface area contributed by atoms with Crippen LogP contribution >= 0.6 is 0 Å². The zero-order valence-electron chi connectivity index (χ0n) is 17.4. The summed E-state index contributed by atoms with van der Waals surface area (Å²) in [4.78, 5) is 27.3. The largest absolute Gasteiger partial charge is 0.493 e. The van der Waals surface area contributed by atoms with Crippen LogP contribution in [0.15, 0.2) is 12.1 Å². The second-order valence-corrected chi connectivity index (χ2v) is 7.14. The van der Waals surface area contributed by atoms with Gasteiger partial charge in [0.2, 0.25) is 5.95 Å². The Balaban J connectivity index is 1.69. The monoisotopic (exact) mass is 403 g/mol. The fourth-order valence-electron chi connectivity index (χ4n) is 3.22. The van der Waals surface area contributed by atoms with Gasteiger partial charge < -0.3 is 35.2 Å². The molecule has 1 saturated heterocycles. The smallest absolute Gasteiger partial charge is 0.317 e. The first-order chi connectivity index (χ1) is 13.9. The number of rotatable bonds is 6. The van der Waals surface area contributed by atoms with Crippen molar-refractivity contribution in [2.45, 2.75) is 0 Å². The third kappa shape index (κ3) is 4.70. The maximum atomic E-state index is 12.3. The molecule has 0 spiro atoms. The summed E-state index contributed by atoms with van der Waals surface area (Å²) in [5.74, 6) is 2.10. The number of fused-ring (bicyclic) bond motifs is 1. The Morgan fingerprint density at radius 3 is 2.41 bits per heavy atom. The van der Waals surface area contributed by atoms with E-state index in [1.165, 1.54) is 0 Å². The van der Waals surface area contributed by atoms with E-state index in [0.29, 0.717) is 66.9 Å². The van der Waals surface area contributed by atoms with Crippen LogP contribution in [0.4, 0.5) is 16.6 Å². The normalized spacial score (nSPS) is 14.4. The second kappa shape index (κ2) is 8.99. The highest BCUT2D eigenvalue weighted by molar-refractivity contribution is 5.91. The van der Waals surface area contributed by atoms with Crippen LogP contribution in [-0.2, 0) is 0 Å². The molecule has 2 aromatic rings. The topological polar surface area (TPSA) is 109 Å². The van der Waals surface area contributed by atoms with Gasteiger partial charge in [-0.15, -0.1) is 0 Å². The summed E-state index contributed by atoms with van der Waals surface area (Å²) in [6.07, 6.45) is 0. The lowest BCUT2D eigenvalue weighted by atomic mass is 10.2. The molecule has 1 fully saturated rings. The highest BCUT2D eigenvalue weighted by Crippen LogP contribution is 2.34. The number of nitrogens with one attached hydrogen (secondary N) is 1. The van der Waals surface area contributed by atoms with Crippen molar-refractivity contribution < 1.29 is 14.3 Å². The van der Waals surface area contributed by atoms with E-state index in [0.717, 1.165) is 6.54 Å². The Morgan fingerprint density at radius 1 is 1.14 bits per heavy atom. The van der Waals surface area contributed by atoms with E-state index in [9.17, 15) is 4.79 Å². The molecule has 0 atom stereocenters. The van der Waals surface area contributed by atoms with E-state index in [2.05, 4.69) is 15.3 Å². The van der Waals surface area contributed by atoms with Gasteiger partial charge in [-0.25, -0.2) is 9.78 Å². The van der Waals surface area contributed by atoms with Gasteiger partial charge in [0.1, 0.15) is 5.82 Å². The molecular formula is C19H29N7O3. The summed E-state index contributed by atoms with van der Waals surface area (Å²) in [7, 11) is 7.11. The maximum absolute atomic E-state index is 12.3. The molecule has 10 heteroatoms. The number of anilines is 2. The van der Waals surface area contributed by atoms with Crippen LogP contribution in [0.1, 0.15) is 0 Å². The molecule has 0 bridgehead atoms. The summed E-state index contributed by atoms with van der Waals surface area (Å²) >= 11 is 0. The molecular weight excluding hydrogens is 374 g/mol. The van der Waals surface area contributed by atoms with E-state index in [4.69, 9.17) is 15.2 Å². The summed E-state index contributed by atoms with van der Waals surface area (Å²) in [6.45, 7) is 3.91. The van der Waals surface area contributed by atoms with Crippen molar-refractivity contribution in [3.05, 3.63) is 12.1 Å². The number of hydrogen-bond donors (Lipinski definition) is 2. The van der Waals surface area contributed by atoms with Crippen molar-refractivity contribution in [3.63, 3.8) is 0 Å². The Labute approximate surface area is 170 Å². The first-order valence-electron chi connectivity index (χ1n) is 9.54. The van der Waals surface area contributed by atoms with Crippen molar-refractivity contribution >= 4 is 28.7 Å². The number of benzene rings is 1. The quantitative estimate of drug-likeness (QED) is 0.723. The van der Waals surface area contributed by atoms with Crippen molar-refractivity contribution in [3.8, 4) is 11.5 Å². The van der Waals surface area contributed by atoms with E-state index in [-0.39, 0.29) is 6.03 Å². The SMILES string of the molecule is COc1cc2nc(N3CCN(C(=O)NCCN(C)C)CC3)nc(N)c2cc1OC. The third-order valence-electron chi connectivity index (χ3n) is 4.90. The van der Waals surface area contributed by atoms with Crippen molar-refractivity contribution in [1.82, 2.24) is 25.1 Å². The van der Waals surface area contributed by atoms with Gasteiger partial charge in [0, 0.05) is 50.7 Å². The molecule has 158 valence electrons. The average Bonchev–Trinajstić information content (AvgIpc) is 2.72. The second-order valence-electron chi connectivity index (χ2n) is 7.14. The Morgan fingerprint density at radius 2 is 1.79 bits per heavy atom. The lowest BCUT2D eigenvalue weighted by Gasteiger charge is -2.35. The van der Waals surface area contributed by atoms with Gasteiger partial charge in [0.05, 0.1) is 19.7 Å². The predicted octanol–water partition coefficient (Wildman–Crippen LogP) is 0.622. The summed E-state index contributed by atoms with van der Waals surface area (Å²) in [5, 5.41) is 3.66. The molecule has 29 heavy (non-hydrogen) atoms. The molecule has 3 rings (SSSR count). The zero-order chi connectivity index (χ0) is 21.0. The molecule has 0 radical (unpaired) electrons. The summed E-state index contributed by atoms with van der Waals surface area (Å²) in [6, 6.07) is 3.54. The van der Waals surface area contributed by atoms with Gasteiger partial charge in [0.25, 0.3) is 0 Å². The average molecular weight is 403 g/mol. The Bertz CT molecular complexity index is 866. The van der Waals surface area contributed by atoms with E-state index in [1.54, 1.807) is 26.4 Å². The number of methoxy groups -OCH3 is 2. The van der Waals surface area contributed by atoms with Crippen LogP contribution in [0.3, 0.4) is 0 Å². The number of nitrogens with two attached hydrogens (primary N) is 1. The number of nitrogens with zero attached hydrogens (tertiary/aromatic N) is 5. The lowest BCUT2D eigenvalue weighted by Crippen LogP contribution is -2.52. The fourth-order valence-corrected chi connectivity index (χ4v) is 3.22. The zero-order valence-corrected chi connectivity index (χ0v) is 17.4. The van der Waals surface area contributed by atoms with Gasteiger partial charge in [-0.1, -0.05) is 0 Å². The van der Waals surface area contributed by atoms with Crippen LogP contribution in [0.5, 0.6) is 11.5 Å². The van der Waals surface area contributed by atoms with Gasteiger partial charge in [-0.05, 0) is 20.2 Å². The summed E-state index contributed by atoms with van der Waals surface area (Å²) in [5.41, 5.74) is 6.87. The van der Waals surface area contributed by atoms with Crippen LogP contribution in [0.25, 0.3) is 10.9 Å². The number of piperazine rings is 1. The van der Waals surface area contributed by atoms with Crippen LogP contribution in [0.2, 0.25) is 0 Å². The number of urea groups is 1. The number of carbonyl (C=O) groups excluding carboxylic acids is 1. The molecule has 3 N–H and O–H groups in total. The molecule has 10 nitrogen and oxygen atoms in total. The molecule has 0 aliphatic carbocycles. The van der Waals surface area contributed by atoms with Crippen LogP contribution in [-0.4, -0.2) is 93.4 Å². The van der Waals surface area contributed by atoms with Gasteiger partial charge >= 0.3 is 6.03 Å². The number of amides is 2. The molecule has 1 aliphatic rings. The van der Waals surface area contributed by atoms with Crippen LogP contribution in [0, 0.1) is 0 Å². The molecule has 0 unspecified atom stereocenters. The first-order valence-corrected chi connectivity index (χ1v) is 9.54. The maximum Gasteiger partial charge on any atom is 0.317 e. The Kier molecular flexibility index (Phi) is 6.42. The molecule has 1 aromatic carbocycles. The van der Waals surface area contributed by atoms with E-state index < -0.39 is 0 Å². The van der Waals surface area contributed by atoms with Crippen molar-refractivity contribution in [2.75, 3.05) is 78.2 Å². The third-order valence-corrected chi connectivity index (χ3v) is 4.90. The van der Waals surface area contributed by atoms with Crippen molar-refractivity contribution in [2.24, 2.45) is 0 Å². The molecule has 2 amide bonds. The van der Waals surface area contributed by atoms with Gasteiger partial charge in [-0.3, -0.25) is 0 Å². The predicted molar refractivity (Wildman–Crippen MR) is 113 cm³/mol. The summed E-state index contributed by atoms with van der Waals surface area (Å²) < 4.78 is 10.7. The minimum Gasteiger partial charge on any atom is -0.493 e. The molecule has 1 aromatic heterocycles. The van der Waals surface area contributed by atoms with Gasteiger partial charge in [-0.2, -0.15) is 4.98 Å². The highest BCUT2D eigenvalue weighted by atomic mass is 16.5.